The first-order valence-corrected chi connectivity index (χ1v) is 3.37. The average Bonchev–Trinajstić information content (AvgIpc) is 1.88. The van der Waals surface area contributed by atoms with Gasteiger partial charge in [-0.05, 0) is 12.8 Å². The van der Waals surface area contributed by atoms with E-state index in [2.05, 4.69) is 11.0 Å². The number of hydroxylamine groups is 2. The van der Waals surface area contributed by atoms with E-state index in [0.29, 0.717) is 6.04 Å². The summed E-state index contributed by atoms with van der Waals surface area (Å²) in [7, 11) is 0. The molecular formula is C5H11N3O. The molecule has 0 amide bonds. The molecule has 0 aromatic rings. The van der Waals surface area contributed by atoms with Crippen LogP contribution in [0.25, 0.3) is 0 Å². The van der Waals surface area contributed by atoms with Gasteiger partial charge in [-0.25, -0.2) is 5.43 Å². The lowest BCUT2D eigenvalue weighted by Gasteiger charge is -2.36. The molecule has 2 fully saturated rings. The van der Waals surface area contributed by atoms with Gasteiger partial charge in [0.05, 0.1) is 0 Å². The summed E-state index contributed by atoms with van der Waals surface area (Å²) in [6.45, 7) is 2.08. The zero-order valence-corrected chi connectivity index (χ0v) is 5.26. The van der Waals surface area contributed by atoms with Gasteiger partial charge in [0.1, 0.15) is 0 Å². The van der Waals surface area contributed by atoms with E-state index >= 15 is 0 Å². The van der Waals surface area contributed by atoms with Crippen molar-refractivity contribution in [3.63, 3.8) is 0 Å². The number of hydrazine groups is 1. The number of piperidine rings is 1. The maximum atomic E-state index is 5.02. The van der Waals surface area contributed by atoms with E-state index in [9.17, 15) is 0 Å². The Morgan fingerprint density at radius 1 is 1.56 bits per heavy atom. The van der Waals surface area contributed by atoms with E-state index in [1.807, 2.05) is 5.06 Å². The molecule has 0 aliphatic carbocycles. The zero-order valence-electron chi connectivity index (χ0n) is 5.26. The molecule has 9 heavy (non-hydrogen) atoms. The molecule has 2 heterocycles. The van der Waals surface area contributed by atoms with E-state index in [4.69, 9.17) is 4.94 Å². The normalized spacial score (nSPS) is 42.7. The minimum absolute atomic E-state index is 0.590. The fourth-order valence-electron chi connectivity index (χ4n) is 1.32. The molecule has 0 spiro atoms. The highest BCUT2D eigenvalue weighted by Crippen LogP contribution is 2.11. The average molecular weight is 129 g/mol. The van der Waals surface area contributed by atoms with Crippen molar-refractivity contribution < 1.29 is 4.94 Å². The SMILES string of the molecule is C1CC2CN(C1)ONN2. The number of hydrogen-bond acceptors (Lipinski definition) is 4. The van der Waals surface area contributed by atoms with Crippen LogP contribution in [0.2, 0.25) is 0 Å². The highest BCUT2D eigenvalue weighted by atomic mass is 16.8. The molecule has 2 saturated heterocycles. The summed E-state index contributed by atoms with van der Waals surface area (Å²) in [6, 6.07) is 0.590. The zero-order chi connectivity index (χ0) is 6.10. The van der Waals surface area contributed by atoms with Gasteiger partial charge in [0.25, 0.3) is 0 Å². The van der Waals surface area contributed by atoms with E-state index in [1.165, 1.54) is 12.8 Å². The molecule has 4 nitrogen and oxygen atoms in total. The Bertz CT molecular complexity index is 88.4. The molecular weight excluding hydrogens is 118 g/mol. The Morgan fingerprint density at radius 3 is 3.33 bits per heavy atom. The summed E-state index contributed by atoms with van der Waals surface area (Å²) < 4.78 is 0. The third-order valence-corrected chi connectivity index (χ3v) is 1.82. The minimum atomic E-state index is 0.590. The molecule has 2 aliphatic heterocycles. The van der Waals surface area contributed by atoms with Crippen LogP contribution in [0.5, 0.6) is 0 Å². The fourth-order valence-corrected chi connectivity index (χ4v) is 1.32. The van der Waals surface area contributed by atoms with Gasteiger partial charge in [0.15, 0.2) is 0 Å². The van der Waals surface area contributed by atoms with E-state index in [0.717, 1.165) is 13.1 Å². The topological polar surface area (TPSA) is 36.5 Å². The molecule has 52 valence electrons. The third-order valence-electron chi connectivity index (χ3n) is 1.82. The van der Waals surface area contributed by atoms with Crippen LogP contribution in [-0.4, -0.2) is 24.2 Å². The second kappa shape index (κ2) is 2.22. The van der Waals surface area contributed by atoms with Crippen molar-refractivity contribution in [2.24, 2.45) is 0 Å². The first-order chi connectivity index (χ1) is 4.45. The number of nitrogens with one attached hydrogen (secondary N) is 2. The smallest absolute Gasteiger partial charge is 0.0428 e. The van der Waals surface area contributed by atoms with Gasteiger partial charge >= 0.3 is 0 Å². The van der Waals surface area contributed by atoms with Crippen molar-refractivity contribution in [1.29, 1.82) is 0 Å². The van der Waals surface area contributed by atoms with E-state index in [-0.39, 0.29) is 0 Å². The largest absolute Gasteiger partial charge is 0.228 e. The van der Waals surface area contributed by atoms with Crippen molar-refractivity contribution in [3.05, 3.63) is 0 Å². The summed E-state index contributed by atoms with van der Waals surface area (Å²) in [5, 5.41) is 1.95. The van der Waals surface area contributed by atoms with Gasteiger partial charge in [-0.15, -0.1) is 5.59 Å². The molecule has 2 unspecified atom stereocenters. The van der Waals surface area contributed by atoms with Gasteiger partial charge < -0.3 is 0 Å². The summed E-state index contributed by atoms with van der Waals surface area (Å²) in [6.07, 6.45) is 2.49. The monoisotopic (exact) mass is 129 g/mol. The molecule has 0 saturated carbocycles. The molecule has 0 aromatic carbocycles. The Morgan fingerprint density at radius 2 is 2.56 bits per heavy atom. The predicted octanol–water partition coefficient (Wildman–Crippen LogP) is -0.595. The van der Waals surface area contributed by atoms with Crippen molar-refractivity contribution in [2.75, 3.05) is 13.1 Å². The van der Waals surface area contributed by atoms with Crippen molar-refractivity contribution >= 4 is 0 Å². The first kappa shape index (κ1) is 5.61. The second-order valence-corrected chi connectivity index (χ2v) is 2.56. The molecule has 0 radical (unpaired) electrons. The predicted molar refractivity (Wildman–Crippen MR) is 32.0 cm³/mol. The summed E-state index contributed by atoms with van der Waals surface area (Å²) in [4.78, 5) is 5.02. The van der Waals surface area contributed by atoms with Crippen LogP contribution >= 0.6 is 0 Å². The standard InChI is InChI=1S/C5H11N3O/c1-2-5-4-8(3-1)9-7-6-5/h5-7H,1-4H2. The highest BCUT2D eigenvalue weighted by molar-refractivity contribution is 4.73. The highest BCUT2D eigenvalue weighted by Gasteiger charge is 2.23. The maximum Gasteiger partial charge on any atom is 0.0428 e. The maximum absolute atomic E-state index is 5.02. The quantitative estimate of drug-likeness (QED) is 0.458. The minimum Gasteiger partial charge on any atom is -0.228 e. The Balaban J connectivity index is 1.96. The number of rotatable bonds is 0. The van der Waals surface area contributed by atoms with Gasteiger partial charge in [0.2, 0.25) is 0 Å². The van der Waals surface area contributed by atoms with Gasteiger partial charge in [0, 0.05) is 19.1 Å². The molecule has 4 heteroatoms. The van der Waals surface area contributed by atoms with Crippen molar-refractivity contribution in [2.45, 2.75) is 18.9 Å². The number of hydrogen-bond donors (Lipinski definition) is 2. The number of fused-ring (bicyclic) bond motifs is 2. The molecule has 2 rings (SSSR count). The van der Waals surface area contributed by atoms with Gasteiger partial charge in [-0.1, -0.05) is 0 Å². The van der Waals surface area contributed by atoms with E-state index in [1.54, 1.807) is 0 Å². The lowest BCUT2D eigenvalue weighted by molar-refractivity contribution is -0.266. The van der Waals surface area contributed by atoms with Crippen LogP contribution in [0.4, 0.5) is 0 Å². The number of nitrogens with zero attached hydrogens (tertiary/aromatic N) is 1. The van der Waals surface area contributed by atoms with E-state index < -0.39 is 0 Å². The molecule has 2 N–H and O–H groups in total. The van der Waals surface area contributed by atoms with Crippen LogP contribution in [0, 0.1) is 0 Å². The van der Waals surface area contributed by atoms with Crippen molar-refractivity contribution in [3.8, 4) is 0 Å². The molecule has 0 aromatic heterocycles. The first-order valence-electron chi connectivity index (χ1n) is 3.37. The fraction of sp³-hybridized carbons (Fsp3) is 1.00. The summed E-state index contributed by atoms with van der Waals surface area (Å²) >= 11 is 0. The van der Waals surface area contributed by atoms with Crippen LogP contribution in [0.1, 0.15) is 12.8 Å². The molecule has 2 aliphatic rings. The Labute approximate surface area is 54.0 Å². The Kier molecular flexibility index (Phi) is 1.39. The third kappa shape index (κ3) is 1.07. The lowest BCUT2D eigenvalue weighted by atomic mass is 10.1. The second-order valence-electron chi connectivity index (χ2n) is 2.56. The summed E-state index contributed by atoms with van der Waals surface area (Å²) in [5.41, 5.74) is 5.70. The van der Waals surface area contributed by atoms with Crippen molar-refractivity contribution in [1.82, 2.24) is 16.1 Å². The van der Waals surface area contributed by atoms with Crippen LogP contribution < -0.4 is 11.0 Å². The van der Waals surface area contributed by atoms with Crippen LogP contribution in [-0.2, 0) is 4.94 Å². The molecule has 2 atom stereocenters. The lowest BCUT2D eigenvalue weighted by Crippen LogP contribution is -2.58. The van der Waals surface area contributed by atoms with Gasteiger partial charge in [-0.2, -0.15) is 10.0 Å². The summed E-state index contributed by atoms with van der Waals surface area (Å²) in [5.74, 6) is 0. The van der Waals surface area contributed by atoms with Crippen LogP contribution in [0.15, 0.2) is 0 Å². The van der Waals surface area contributed by atoms with Crippen LogP contribution in [0.3, 0.4) is 0 Å². The molecule has 2 bridgehead atoms. The Hall–Kier alpha value is -0.160. The van der Waals surface area contributed by atoms with Gasteiger partial charge in [-0.3, -0.25) is 0 Å².